The molecule has 0 aliphatic carbocycles. The fourth-order valence-corrected chi connectivity index (χ4v) is 2.62. The molecule has 1 aliphatic heterocycles. The molecule has 0 unspecified atom stereocenters. The third kappa shape index (κ3) is 4.40. The van der Waals surface area contributed by atoms with Crippen LogP contribution in [-0.4, -0.2) is 52.0 Å². The highest BCUT2D eigenvalue weighted by Crippen LogP contribution is 2.11. The Bertz CT molecular complexity index is 641. The first kappa shape index (κ1) is 15.7. The van der Waals surface area contributed by atoms with Crippen molar-refractivity contribution in [3.8, 4) is 0 Å². The maximum absolute atomic E-state index is 12.2. The van der Waals surface area contributed by atoms with Crippen molar-refractivity contribution in [2.45, 2.75) is 6.54 Å². The lowest BCUT2D eigenvalue weighted by molar-refractivity contribution is 0.143. The van der Waals surface area contributed by atoms with E-state index in [4.69, 9.17) is 11.6 Å². The zero-order valence-corrected chi connectivity index (χ0v) is 13.4. The van der Waals surface area contributed by atoms with Crippen molar-refractivity contribution in [2.24, 2.45) is 0 Å². The predicted molar refractivity (Wildman–Crippen MR) is 89.4 cm³/mol. The van der Waals surface area contributed by atoms with E-state index in [9.17, 15) is 4.79 Å². The van der Waals surface area contributed by atoms with Crippen LogP contribution < -0.4 is 5.32 Å². The third-order valence-electron chi connectivity index (χ3n) is 3.77. The van der Waals surface area contributed by atoms with E-state index < -0.39 is 0 Å². The molecular formula is C16H18ClN5O. The number of carbonyl (C=O) groups excluding carboxylic acids is 1. The monoisotopic (exact) mass is 331 g/mol. The molecule has 1 saturated heterocycles. The van der Waals surface area contributed by atoms with E-state index in [0.717, 1.165) is 25.2 Å². The topological polar surface area (TPSA) is 61.4 Å². The van der Waals surface area contributed by atoms with Gasteiger partial charge in [-0.1, -0.05) is 17.7 Å². The van der Waals surface area contributed by atoms with E-state index in [1.165, 1.54) is 0 Å². The predicted octanol–water partition coefficient (Wildman–Crippen LogP) is 2.48. The molecule has 6 nitrogen and oxygen atoms in total. The fraction of sp³-hybridized carbons (Fsp3) is 0.312. The second kappa shape index (κ2) is 7.39. The summed E-state index contributed by atoms with van der Waals surface area (Å²) < 4.78 is 0. The summed E-state index contributed by atoms with van der Waals surface area (Å²) in [5.74, 6) is 0. The van der Waals surface area contributed by atoms with E-state index >= 15 is 0 Å². The van der Waals surface area contributed by atoms with Gasteiger partial charge in [0.15, 0.2) is 0 Å². The molecule has 1 aliphatic rings. The summed E-state index contributed by atoms with van der Waals surface area (Å²) in [5, 5.41) is 3.37. The van der Waals surface area contributed by atoms with Gasteiger partial charge in [0.2, 0.25) is 0 Å². The summed E-state index contributed by atoms with van der Waals surface area (Å²) in [5.41, 5.74) is 1.84. The molecule has 2 aromatic heterocycles. The number of pyridine rings is 2. The lowest BCUT2D eigenvalue weighted by Crippen LogP contribution is -2.49. The largest absolute Gasteiger partial charge is 0.322 e. The Morgan fingerprint density at radius 2 is 2.00 bits per heavy atom. The van der Waals surface area contributed by atoms with E-state index in [2.05, 4.69) is 20.2 Å². The van der Waals surface area contributed by atoms with Gasteiger partial charge in [0.05, 0.1) is 11.9 Å². The van der Waals surface area contributed by atoms with Gasteiger partial charge in [-0.05, 0) is 23.8 Å². The summed E-state index contributed by atoms with van der Waals surface area (Å²) >= 11 is 5.79. The molecule has 120 valence electrons. The average molecular weight is 332 g/mol. The lowest BCUT2D eigenvalue weighted by atomic mass is 10.2. The number of urea groups is 1. The Kier molecular flexibility index (Phi) is 5.05. The summed E-state index contributed by atoms with van der Waals surface area (Å²) in [6.07, 6.45) is 5.12. The number of piperazine rings is 1. The Morgan fingerprint density at radius 1 is 1.17 bits per heavy atom. The molecule has 23 heavy (non-hydrogen) atoms. The van der Waals surface area contributed by atoms with Crippen LogP contribution in [0.25, 0.3) is 0 Å². The normalized spacial score (nSPS) is 15.4. The van der Waals surface area contributed by atoms with Gasteiger partial charge in [0.25, 0.3) is 0 Å². The Morgan fingerprint density at radius 3 is 2.65 bits per heavy atom. The summed E-state index contributed by atoms with van der Waals surface area (Å²) in [4.78, 5) is 24.4. The molecule has 2 amide bonds. The highest BCUT2D eigenvalue weighted by Gasteiger charge is 2.21. The second-order valence-corrected chi connectivity index (χ2v) is 5.81. The van der Waals surface area contributed by atoms with Gasteiger partial charge < -0.3 is 10.2 Å². The smallest absolute Gasteiger partial charge is 0.321 e. The van der Waals surface area contributed by atoms with E-state index in [-0.39, 0.29) is 6.03 Å². The van der Waals surface area contributed by atoms with Crippen molar-refractivity contribution in [3.63, 3.8) is 0 Å². The van der Waals surface area contributed by atoms with E-state index in [1.54, 1.807) is 30.7 Å². The molecule has 7 heteroatoms. The van der Waals surface area contributed by atoms with Crippen LogP contribution in [0.3, 0.4) is 0 Å². The number of nitrogens with one attached hydrogen (secondary N) is 1. The molecule has 3 rings (SSSR count). The number of carbonyl (C=O) groups is 1. The number of rotatable bonds is 3. The highest BCUT2D eigenvalue weighted by molar-refractivity contribution is 6.29. The first-order valence-electron chi connectivity index (χ1n) is 7.49. The number of anilines is 1. The van der Waals surface area contributed by atoms with Crippen LogP contribution in [0.2, 0.25) is 5.15 Å². The first-order valence-corrected chi connectivity index (χ1v) is 7.87. The molecule has 0 aromatic carbocycles. The van der Waals surface area contributed by atoms with Crippen molar-refractivity contribution in [1.82, 2.24) is 19.8 Å². The number of hydrogen-bond acceptors (Lipinski definition) is 4. The maximum atomic E-state index is 12.2. The highest BCUT2D eigenvalue weighted by atomic mass is 35.5. The fourth-order valence-electron chi connectivity index (χ4n) is 2.51. The second-order valence-electron chi connectivity index (χ2n) is 5.42. The van der Waals surface area contributed by atoms with Crippen molar-refractivity contribution in [2.75, 3.05) is 31.5 Å². The quantitative estimate of drug-likeness (QED) is 0.878. The van der Waals surface area contributed by atoms with Gasteiger partial charge in [0, 0.05) is 45.1 Å². The standard InChI is InChI=1S/C16H18ClN5O/c17-15-4-3-13(10-19-15)12-21-6-8-22(9-7-21)16(23)20-14-2-1-5-18-11-14/h1-5,10-11H,6-9,12H2,(H,20,23). The Labute approximate surface area is 140 Å². The van der Waals surface area contributed by atoms with Crippen molar-refractivity contribution in [3.05, 3.63) is 53.6 Å². The molecule has 0 saturated carbocycles. The average Bonchev–Trinajstić information content (AvgIpc) is 2.58. The van der Waals surface area contributed by atoms with Gasteiger partial charge >= 0.3 is 6.03 Å². The number of nitrogens with zero attached hydrogens (tertiary/aromatic N) is 4. The zero-order chi connectivity index (χ0) is 16.1. The van der Waals surface area contributed by atoms with Gasteiger partial charge in [-0.3, -0.25) is 9.88 Å². The van der Waals surface area contributed by atoms with Crippen molar-refractivity contribution >= 4 is 23.3 Å². The number of hydrogen-bond donors (Lipinski definition) is 1. The molecule has 0 bridgehead atoms. The molecule has 0 spiro atoms. The SMILES string of the molecule is O=C(Nc1cccnc1)N1CCN(Cc2ccc(Cl)nc2)CC1. The minimum absolute atomic E-state index is 0.0780. The first-order chi connectivity index (χ1) is 11.2. The van der Waals surface area contributed by atoms with E-state index in [1.807, 2.05) is 17.0 Å². The number of amides is 2. The van der Waals surface area contributed by atoms with Gasteiger partial charge in [-0.2, -0.15) is 0 Å². The molecular weight excluding hydrogens is 314 g/mol. The number of aromatic nitrogens is 2. The van der Waals surface area contributed by atoms with Crippen LogP contribution >= 0.6 is 11.6 Å². The van der Waals surface area contributed by atoms with Crippen LogP contribution in [0.15, 0.2) is 42.9 Å². The third-order valence-corrected chi connectivity index (χ3v) is 3.99. The van der Waals surface area contributed by atoms with Crippen LogP contribution in [0.4, 0.5) is 10.5 Å². The van der Waals surface area contributed by atoms with Gasteiger partial charge in [-0.25, -0.2) is 9.78 Å². The van der Waals surface area contributed by atoms with Gasteiger partial charge in [-0.15, -0.1) is 0 Å². The van der Waals surface area contributed by atoms with Crippen LogP contribution in [0.5, 0.6) is 0 Å². The molecule has 3 heterocycles. The molecule has 0 atom stereocenters. The van der Waals surface area contributed by atoms with Crippen LogP contribution in [0.1, 0.15) is 5.56 Å². The van der Waals surface area contributed by atoms with E-state index in [0.29, 0.717) is 23.9 Å². The van der Waals surface area contributed by atoms with Crippen LogP contribution in [-0.2, 0) is 6.54 Å². The van der Waals surface area contributed by atoms with Crippen molar-refractivity contribution < 1.29 is 4.79 Å². The van der Waals surface area contributed by atoms with Gasteiger partial charge in [0.1, 0.15) is 5.15 Å². The maximum Gasteiger partial charge on any atom is 0.321 e. The summed E-state index contributed by atoms with van der Waals surface area (Å²) in [6, 6.07) is 7.33. The molecule has 1 N–H and O–H groups in total. The summed E-state index contributed by atoms with van der Waals surface area (Å²) in [6.45, 7) is 3.90. The molecule has 2 aromatic rings. The lowest BCUT2D eigenvalue weighted by Gasteiger charge is -2.34. The van der Waals surface area contributed by atoms with Crippen molar-refractivity contribution in [1.29, 1.82) is 0 Å². The Balaban J connectivity index is 1.48. The Hall–Kier alpha value is -2.18. The number of halogens is 1. The molecule has 1 fully saturated rings. The summed E-state index contributed by atoms with van der Waals surface area (Å²) in [7, 11) is 0. The zero-order valence-electron chi connectivity index (χ0n) is 12.7. The minimum Gasteiger partial charge on any atom is -0.322 e. The van der Waals surface area contributed by atoms with Crippen LogP contribution in [0, 0.1) is 0 Å². The molecule has 0 radical (unpaired) electrons. The minimum atomic E-state index is -0.0780.